The van der Waals surface area contributed by atoms with Gasteiger partial charge in [-0.3, -0.25) is 0 Å². The van der Waals surface area contributed by atoms with Crippen LogP contribution in [0.3, 0.4) is 0 Å². The summed E-state index contributed by atoms with van der Waals surface area (Å²) < 4.78 is 5.66. The van der Waals surface area contributed by atoms with Gasteiger partial charge < -0.3 is 9.53 Å². The molecule has 0 rings (SSSR count). The molecule has 1 N–H and O–H groups in total. The van der Waals surface area contributed by atoms with Gasteiger partial charge >= 0.3 is 5.97 Å². The van der Waals surface area contributed by atoms with Gasteiger partial charge in [0.25, 0.3) is 0 Å². The van der Waals surface area contributed by atoms with E-state index in [9.17, 15) is 4.79 Å². The molecule has 0 aromatic heterocycles. The quantitative estimate of drug-likeness (QED) is 0.739. The standard InChI is InChI=1S/C8H20O3Si2/c1-12(2,3)8(7(9)10)11-13(4,5)6/h8H,1-6H3,(H,9,10). The highest BCUT2D eigenvalue weighted by atomic mass is 28.4. The third kappa shape index (κ3) is 5.22. The van der Waals surface area contributed by atoms with Gasteiger partial charge in [0.15, 0.2) is 8.32 Å². The van der Waals surface area contributed by atoms with E-state index in [1.807, 2.05) is 39.3 Å². The van der Waals surface area contributed by atoms with E-state index >= 15 is 0 Å². The molecule has 0 aromatic carbocycles. The molecule has 0 aliphatic carbocycles. The van der Waals surface area contributed by atoms with Gasteiger partial charge in [0.2, 0.25) is 0 Å². The molecule has 13 heavy (non-hydrogen) atoms. The molecule has 0 bridgehead atoms. The van der Waals surface area contributed by atoms with Crippen LogP contribution >= 0.6 is 0 Å². The summed E-state index contributed by atoms with van der Waals surface area (Å²) in [6.07, 6.45) is 0. The van der Waals surface area contributed by atoms with Crippen LogP contribution in [0.1, 0.15) is 0 Å². The van der Waals surface area contributed by atoms with Crippen molar-refractivity contribution in [2.75, 3.05) is 0 Å². The van der Waals surface area contributed by atoms with E-state index in [-0.39, 0.29) is 0 Å². The van der Waals surface area contributed by atoms with Crippen LogP contribution in [-0.2, 0) is 9.22 Å². The lowest BCUT2D eigenvalue weighted by Crippen LogP contribution is -2.51. The summed E-state index contributed by atoms with van der Waals surface area (Å²) in [7, 11) is -3.49. The second-order valence-electron chi connectivity index (χ2n) is 5.31. The Morgan fingerprint density at radius 1 is 1.15 bits per heavy atom. The van der Waals surface area contributed by atoms with Gasteiger partial charge in [-0.25, -0.2) is 4.79 Å². The average molecular weight is 220 g/mol. The molecule has 0 aliphatic rings. The maximum Gasteiger partial charge on any atom is 0.327 e. The van der Waals surface area contributed by atoms with Crippen LogP contribution in [0.2, 0.25) is 39.3 Å². The summed E-state index contributed by atoms with van der Waals surface area (Å²) in [5.41, 5.74) is -0.556. The summed E-state index contributed by atoms with van der Waals surface area (Å²) in [5, 5.41) is 9.00. The van der Waals surface area contributed by atoms with E-state index < -0.39 is 28.1 Å². The van der Waals surface area contributed by atoms with Gasteiger partial charge in [0.05, 0.1) is 8.07 Å². The number of carbonyl (C=O) groups is 1. The van der Waals surface area contributed by atoms with Gasteiger partial charge in [-0.2, -0.15) is 0 Å². The molecule has 0 fully saturated rings. The third-order valence-electron chi connectivity index (χ3n) is 1.48. The lowest BCUT2D eigenvalue weighted by Gasteiger charge is -2.31. The highest BCUT2D eigenvalue weighted by Crippen LogP contribution is 2.17. The highest BCUT2D eigenvalue weighted by Gasteiger charge is 2.37. The van der Waals surface area contributed by atoms with Crippen molar-refractivity contribution in [2.45, 2.75) is 45.0 Å². The fourth-order valence-electron chi connectivity index (χ4n) is 0.951. The van der Waals surface area contributed by atoms with Crippen molar-refractivity contribution in [3.8, 4) is 0 Å². The molecule has 1 unspecified atom stereocenters. The molecule has 0 aliphatic heterocycles. The molecule has 0 amide bonds. The summed E-state index contributed by atoms with van der Waals surface area (Å²) in [4.78, 5) is 11.0. The van der Waals surface area contributed by atoms with E-state index in [0.717, 1.165) is 0 Å². The van der Waals surface area contributed by atoms with E-state index in [1.165, 1.54) is 0 Å². The molecule has 5 heteroatoms. The van der Waals surface area contributed by atoms with Crippen molar-refractivity contribution < 1.29 is 14.3 Å². The van der Waals surface area contributed by atoms with Gasteiger partial charge in [-0.1, -0.05) is 19.6 Å². The van der Waals surface area contributed by atoms with Gasteiger partial charge in [0, 0.05) is 0 Å². The minimum Gasteiger partial charge on any atom is -0.480 e. The topological polar surface area (TPSA) is 46.5 Å². The zero-order chi connectivity index (χ0) is 10.9. The molecule has 0 heterocycles. The molecule has 3 nitrogen and oxygen atoms in total. The highest BCUT2D eigenvalue weighted by molar-refractivity contribution is 6.81. The molecule has 0 spiro atoms. The van der Waals surface area contributed by atoms with E-state index in [0.29, 0.717) is 0 Å². The second kappa shape index (κ2) is 3.93. The predicted octanol–water partition coefficient (Wildman–Crippen LogP) is 2.17. The fourth-order valence-corrected chi connectivity index (χ4v) is 4.97. The van der Waals surface area contributed by atoms with Crippen molar-refractivity contribution in [3.05, 3.63) is 0 Å². The smallest absolute Gasteiger partial charge is 0.327 e. The number of aliphatic carboxylic acids is 1. The Kier molecular flexibility index (Phi) is 3.89. The van der Waals surface area contributed by atoms with Crippen molar-refractivity contribution >= 4 is 22.4 Å². The van der Waals surface area contributed by atoms with Crippen LogP contribution < -0.4 is 0 Å². The molecular formula is C8H20O3Si2. The van der Waals surface area contributed by atoms with Crippen LogP contribution in [0.5, 0.6) is 0 Å². The molecule has 0 saturated carbocycles. The lowest BCUT2D eigenvalue weighted by molar-refractivity contribution is -0.142. The van der Waals surface area contributed by atoms with Crippen molar-refractivity contribution in [2.24, 2.45) is 0 Å². The molecular weight excluding hydrogens is 200 g/mol. The van der Waals surface area contributed by atoms with E-state index in [4.69, 9.17) is 9.53 Å². The van der Waals surface area contributed by atoms with Crippen LogP contribution in [-0.4, -0.2) is 33.2 Å². The minimum absolute atomic E-state index is 0.556. The summed E-state index contributed by atoms with van der Waals surface area (Å²) in [5.74, 6) is -0.804. The maximum absolute atomic E-state index is 11.0. The van der Waals surface area contributed by atoms with Gasteiger partial charge in [-0.15, -0.1) is 0 Å². The second-order valence-corrected chi connectivity index (χ2v) is 15.0. The van der Waals surface area contributed by atoms with Crippen molar-refractivity contribution in [1.29, 1.82) is 0 Å². The van der Waals surface area contributed by atoms with Crippen molar-refractivity contribution in [3.63, 3.8) is 0 Å². The molecule has 1 atom stereocenters. The predicted molar refractivity (Wildman–Crippen MR) is 59.2 cm³/mol. The Balaban J connectivity index is 4.56. The fraction of sp³-hybridized carbons (Fsp3) is 0.875. The first-order valence-corrected chi connectivity index (χ1v) is 11.4. The van der Waals surface area contributed by atoms with E-state index in [1.54, 1.807) is 0 Å². The average Bonchev–Trinajstić information content (AvgIpc) is 1.77. The Bertz CT molecular complexity index is 191. The lowest BCUT2D eigenvalue weighted by atomic mass is 10.7. The molecule has 0 radical (unpaired) electrons. The summed E-state index contributed by atoms with van der Waals surface area (Å²) in [6, 6.07) is 0. The number of hydrogen-bond donors (Lipinski definition) is 1. The van der Waals surface area contributed by atoms with Crippen LogP contribution in [0, 0.1) is 0 Å². The van der Waals surface area contributed by atoms with Gasteiger partial charge in [-0.05, 0) is 19.6 Å². The number of hydrogen-bond acceptors (Lipinski definition) is 2. The monoisotopic (exact) mass is 220 g/mol. The number of carboxylic acids is 1. The first kappa shape index (κ1) is 12.9. The number of carboxylic acid groups (broad SMARTS) is 1. The zero-order valence-electron chi connectivity index (χ0n) is 9.34. The van der Waals surface area contributed by atoms with Gasteiger partial charge in [0.1, 0.15) is 5.73 Å². The van der Waals surface area contributed by atoms with E-state index in [2.05, 4.69) is 0 Å². The normalized spacial score (nSPS) is 15.5. The zero-order valence-corrected chi connectivity index (χ0v) is 11.3. The Morgan fingerprint density at radius 3 is 1.62 bits per heavy atom. The van der Waals surface area contributed by atoms with Crippen LogP contribution in [0.15, 0.2) is 0 Å². The largest absolute Gasteiger partial charge is 0.480 e. The summed E-state index contributed by atoms with van der Waals surface area (Å²) >= 11 is 0. The minimum atomic E-state index is -1.75. The van der Waals surface area contributed by atoms with Crippen LogP contribution in [0.4, 0.5) is 0 Å². The summed E-state index contributed by atoms with van der Waals surface area (Å²) in [6.45, 7) is 12.1. The number of rotatable bonds is 4. The third-order valence-corrected chi connectivity index (χ3v) is 4.60. The molecule has 78 valence electrons. The SMILES string of the molecule is C[Si](C)(C)OC(C(=O)O)[Si](C)(C)C. The molecule has 0 aromatic rings. The molecule has 0 saturated heterocycles. The first-order chi connectivity index (χ1) is 5.54. The first-order valence-electron chi connectivity index (χ1n) is 4.44. The maximum atomic E-state index is 11.0. The Morgan fingerprint density at radius 2 is 1.54 bits per heavy atom. The Hall–Kier alpha value is -0.136. The van der Waals surface area contributed by atoms with Crippen molar-refractivity contribution in [1.82, 2.24) is 0 Å². The van der Waals surface area contributed by atoms with Crippen LogP contribution in [0.25, 0.3) is 0 Å². The Labute approximate surface area is 82.2 Å².